The number of carbonyl (C=O) groups excluding carboxylic acids is 2. The summed E-state index contributed by atoms with van der Waals surface area (Å²) in [6.45, 7) is 6.60. The molecule has 0 N–H and O–H groups in total. The van der Waals surface area contributed by atoms with E-state index in [0.29, 0.717) is 22.4 Å². The van der Waals surface area contributed by atoms with Gasteiger partial charge in [-0.1, -0.05) is 50.0 Å². The summed E-state index contributed by atoms with van der Waals surface area (Å²) in [5.41, 5.74) is 0.867. The lowest BCUT2D eigenvalue weighted by Gasteiger charge is -2.14. The van der Waals surface area contributed by atoms with Crippen LogP contribution in [0.25, 0.3) is 6.08 Å². The number of esters is 1. The Morgan fingerprint density at radius 1 is 1.32 bits per heavy atom. The molecular weight excluding hydrogens is 358 g/mol. The van der Waals surface area contributed by atoms with Gasteiger partial charge in [0.05, 0.1) is 18.1 Å². The molecule has 0 atom stereocenters. The van der Waals surface area contributed by atoms with E-state index in [-0.39, 0.29) is 18.4 Å². The molecule has 0 spiro atoms. The number of rotatable bonds is 7. The number of carbonyl (C=O) groups is 2. The largest absolute Gasteiger partial charge is 0.494 e. The van der Waals surface area contributed by atoms with Crippen molar-refractivity contribution in [2.45, 2.75) is 20.8 Å². The summed E-state index contributed by atoms with van der Waals surface area (Å²) in [5, 5.41) is 0. The first-order valence-electron chi connectivity index (χ1n) is 8.04. The molecule has 5 nitrogen and oxygen atoms in total. The quantitative estimate of drug-likeness (QED) is 0.411. The Kier molecular flexibility index (Phi) is 7.01. The standard InChI is InChI=1S/C18H21NO4S2/c1-4-22-14-7-5-13(6-8-14)9-15-17(21)19(18(24)25-15)10-16(20)23-11-12(2)3/h5-9,12H,4,10-11H2,1-3H3/b15-9-. The number of nitrogens with zero attached hydrogens (tertiary/aromatic N) is 1. The van der Waals surface area contributed by atoms with Crippen molar-refractivity contribution in [3.05, 3.63) is 34.7 Å². The minimum atomic E-state index is -0.452. The van der Waals surface area contributed by atoms with Crippen molar-refractivity contribution in [1.82, 2.24) is 4.90 Å². The molecule has 1 fully saturated rings. The fourth-order valence-electron chi connectivity index (χ4n) is 2.05. The van der Waals surface area contributed by atoms with Crippen molar-refractivity contribution in [3.8, 4) is 5.75 Å². The fourth-order valence-corrected chi connectivity index (χ4v) is 3.30. The highest BCUT2D eigenvalue weighted by molar-refractivity contribution is 8.26. The first-order valence-corrected chi connectivity index (χ1v) is 9.27. The second-order valence-electron chi connectivity index (χ2n) is 5.85. The van der Waals surface area contributed by atoms with E-state index in [1.165, 1.54) is 16.7 Å². The lowest BCUT2D eigenvalue weighted by Crippen LogP contribution is -2.34. The first-order chi connectivity index (χ1) is 11.9. The highest BCUT2D eigenvalue weighted by Crippen LogP contribution is 2.32. The van der Waals surface area contributed by atoms with Crippen LogP contribution in [0.1, 0.15) is 26.3 Å². The predicted molar refractivity (Wildman–Crippen MR) is 103 cm³/mol. The summed E-state index contributed by atoms with van der Waals surface area (Å²) >= 11 is 6.41. The summed E-state index contributed by atoms with van der Waals surface area (Å²) in [6.07, 6.45) is 1.76. The highest BCUT2D eigenvalue weighted by atomic mass is 32.2. The molecule has 0 aromatic heterocycles. The predicted octanol–water partition coefficient (Wildman–Crippen LogP) is 3.49. The molecule has 2 rings (SSSR count). The SMILES string of the molecule is CCOc1ccc(/C=C2\SC(=S)N(CC(=O)OCC(C)C)C2=O)cc1. The van der Waals surface area contributed by atoms with Crippen LogP contribution in [0.4, 0.5) is 0 Å². The van der Waals surface area contributed by atoms with Crippen LogP contribution in [0.2, 0.25) is 0 Å². The number of thiocarbonyl (C=S) groups is 1. The van der Waals surface area contributed by atoms with Gasteiger partial charge in [0.2, 0.25) is 0 Å². The molecule has 0 radical (unpaired) electrons. The molecular formula is C18H21NO4S2. The van der Waals surface area contributed by atoms with Crippen LogP contribution >= 0.6 is 24.0 Å². The van der Waals surface area contributed by atoms with Crippen LogP contribution < -0.4 is 4.74 Å². The smallest absolute Gasteiger partial charge is 0.326 e. The summed E-state index contributed by atoms with van der Waals surface area (Å²) in [7, 11) is 0. The van der Waals surface area contributed by atoms with Gasteiger partial charge in [0.25, 0.3) is 5.91 Å². The summed E-state index contributed by atoms with van der Waals surface area (Å²) < 4.78 is 10.9. The average molecular weight is 380 g/mol. The minimum Gasteiger partial charge on any atom is -0.494 e. The van der Waals surface area contributed by atoms with E-state index in [1.807, 2.05) is 45.0 Å². The second kappa shape index (κ2) is 9.01. The number of ether oxygens (including phenoxy) is 2. The number of thioether (sulfide) groups is 1. The number of hydrogen-bond donors (Lipinski definition) is 0. The monoisotopic (exact) mass is 379 g/mol. The first kappa shape index (κ1) is 19.5. The van der Waals surface area contributed by atoms with Crippen LogP contribution in [0.15, 0.2) is 29.2 Å². The van der Waals surface area contributed by atoms with Crippen LogP contribution in [-0.2, 0) is 14.3 Å². The van der Waals surface area contributed by atoms with Crippen LogP contribution in [-0.4, -0.2) is 40.9 Å². The molecule has 0 saturated carbocycles. The van der Waals surface area contributed by atoms with Gasteiger partial charge < -0.3 is 9.47 Å². The average Bonchev–Trinajstić information content (AvgIpc) is 2.82. The number of amides is 1. The van der Waals surface area contributed by atoms with Gasteiger partial charge in [0.15, 0.2) is 0 Å². The third-order valence-corrected chi connectivity index (χ3v) is 4.61. The molecule has 0 bridgehead atoms. The second-order valence-corrected chi connectivity index (χ2v) is 7.52. The van der Waals surface area contributed by atoms with Crippen LogP contribution in [0, 0.1) is 5.92 Å². The van der Waals surface area contributed by atoms with Crippen LogP contribution in [0.3, 0.4) is 0 Å². The normalized spacial score (nSPS) is 16.0. The van der Waals surface area contributed by atoms with Crippen LogP contribution in [0.5, 0.6) is 5.75 Å². The molecule has 1 heterocycles. The molecule has 134 valence electrons. The maximum absolute atomic E-state index is 12.5. The molecule has 1 aromatic carbocycles. The van der Waals surface area contributed by atoms with Gasteiger partial charge in [-0.2, -0.15) is 0 Å². The zero-order valence-electron chi connectivity index (χ0n) is 14.5. The zero-order chi connectivity index (χ0) is 18.4. The lowest BCUT2D eigenvalue weighted by molar-refractivity contribution is -0.147. The van der Waals surface area contributed by atoms with E-state index in [1.54, 1.807) is 6.08 Å². The third-order valence-electron chi connectivity index (χ3n) is 3.23. The number of benzene rings is 1. The van der Waals surface area contributed by atoms with Crippen molar-refractivity contribution < 1.29 is 19.1 Å². The van der Waals surface area contributed by atoms with E-state index in [0.717, 1.165) is 11.3 Å². The van der Waals surface area contributed by atoms with Gasteiger partial charge >= 0.3 is 5.97 Å². The Morgan fingerprint density at radius 2 is 2.00 bits per heavy atom. The van der Waals surface area contributed by atoms with E-state index in [4.69, 9.17) is 21.7 Å². The Labute approximate surface area is 157 Å². The van der Waals surface area contributed by atoms with Crippen molar-refractivity contribution in [2.24, 2.45) is 5.92 Å². The van der Waals surface area contributed by atoms with Gasteiger partial charge in [-0.3, -0.25) is 14.5 Å². The molecule has 1 amide bonds. The molecule has 1 aliphatic heterocycles. The van der Waals surface area contributed by atoms with E-state index in [9.17, 15) is 9.59 Å². The Balaban J connectivity index is 2.03. The molecule has 0 unspecified atom stereocenters. The van der Waals surface area contributed by atoms with Crippen molar-refractivity contribution in [1.29, 1.82) is 0 Å². The maximum Gasteiger partial charge on any atom is 0.326 e. The van der Waals surface area contributed by atoms with E-state index < -0.39 is 5.97 Å². The third kappa shape index (κ3) is 5.57. The summed E-state index contributed by atoms with van der Waals surface area (Å²) in [6, 6.07) is 7.43. The molecule has 1 aliphatic rings. The highest BCUT2D eigenvalue weighted by Gasteiger charge is 2.33. The molecule has 7 heteroatoms. The number of hydrogen-bond acceptors (Lipinski definition) is 6. The zero-order valence-corrected chi connectivity index (χ0v) is 16.1. The minimum absolute atomic E-state index is 0.155. The van der Waals surface area contributed by atoms with E-state index in [2.05, 4.69) is 0 Å². The van der Waals surface area contributed by atoms with Crippen molar-refractivity contribution in [2.75, 3.05) is 19.8 Å². The summed E-state index contributed by atoms with van der Waals surface area (Å²) in [5.74, 6) is 0.299. The van der Waals surface area contributed by atoms with E-state index >= 15 is 0 Å². The molecule has 0 aliphatic carbocycles. The maximum atomic E-state index is 12.5. The molecule has 1 aromatic rings. The van der Waals surface area contributed by atoms with Gasteiger partial charge in [0.1, 0.15) is 16.6 Å². The summed E-state index contributed by atoms with van der Waals surface area (Å²) in [4.78, 5) is 26.1. The van der Waals surface area contributed by atoms with Gasteiger partial charge in [-0.05, 0) is 36.6 Å². The lowest BCUT2D eigenvalue weighted by atomic mass is 10.2. The Bertz CT molecular complexity index is 683. The Hall–Kier alpha value is -1.86. The fraction of sp³-hybridized carbons (Fsp3) is 0.389. The van der Waals surface area contributed by atoms with Gasteiger partial charge in [-0.15, -0.1) is 0 Å². The molecule has 1 saturated heterocycles. The molecule has 25 heavy (non-hydrogen) atoms. The van der Waals surface area contributed by atoms with Crippen molar-refractivity contribution in [3.63, 3.8) is 0 Å². The topological polar surface area (TPSA) is 55.8 Å². The Morgan fingerprint density at radius 3 is 2.60 bits per heavy atom. The van der Waals surface area contributed by atoms with Crippen molar-refractivity contribution >= 4 is 46.3 Å². The van der Waals surface area contributed by atoms with Gasteiger partial charge in [0, 0.05) is 0 Å². The van der Waals surface area contributed by atoms with Gasteiger partial charge in [-0.25, -0.2) is 0 Å².